The molecule has 1 aromatic heterocycles. The highest BCUT2D eigenvalue weighted by Gasteiger charge is 2.31. The van der Waals surface area contributed by atoms with Crippen LogP contribution in [-0.4, -0.2) is 17.6 Å². The molecule has 0 spiro atoms. The number of urea groups is 1. The van der Waals surface area contributed by atoms with E-state index in [0.29, 0.717) is 29.3 Å². The molecule has 11 heteroatoms. The summed E-state index contributed by atoms with van der Waals surface area (Å²) in [5.41, 5.74) is -1.86. The number of amides is 2. The molecule has 3 rings (SSSR count). The number of rotatable bonds is 5. The van der Waals surface area contributed by atoms with Gasteiger partial charge < -0.3 is 20.4 Å². The molecule has 0 unspecified atom stereocenters. The van der Waals surface area contributed by atoms with E-state index >= 15 is 0 Å². The molecule has 1 heterocycles. The Hall–Kier alpha value is -3.89. The van der Waals surface area contributed by atoms with Crippen LogP contribution in [0.4, 0.5) is 38.1 Å². The lowest BCUT2D eigenvalue weighted by molar-refractivity contribution is -0.137. The Balaban J connectivity index is 1.80. The molecule has 3 aromatic rings. The second-order valence-corrected chi connectivity index (χ2v) is 6.47. The lowest BCUT2D eigenvalue weighted by atomic mass is 10.1. The highest BCUT2D eigenvalue weighted by molar-refractivity contribution is 6.00. The SMILES string of the molecule is CCOc1cc(=O)[nH]cc1-c1ccc(NC(=O)Nc2cc(C(F)(F)F)ccc2F)c(F)c1. The molecule has 3 N–H and O–H groups in total. The smallest absolute Gasteiger partial charge is 0.416 e. The first-order valence-corrected chi connectivity index (χ1v) is 9.18. The van der Waals surface area contributed by atoms with Crippen molar-refractivity contribution in [2.75, 3.05) is 17.2 Å². The lowest BCUT2D eigenvalue weighted by Gasteiger charge is -2.13. The van der Waals surface area contributed by atoms with Gasteiger partial charge in [0, 0.05) is 17.8 Å². The van der Waals surface area contributed by atoms with Crippen LogP contribution in [0.5, 0.6) is 5.75 Å². The number of H-pyrrole nitrogens is 1. The first-order valence-electron chi connectivity index (χ1n) is 9.18. The van der Waals surface area contributed by atoms with Gasteiger partial charge in [0.05, 0.1) is 23.5 Å². The molecule has 2 aromatic carbocycles. The summed E-state index contributed by atoms with van der Waals surface area (Å²) in [4.78, 5) is 26.0. The number of carbonyl (C=O) groups excluding carboxylic acids is 1. The van der Waals surface area contributed by atoms with Gasteiger partial charge in [-0.25, -0.2) is 13.6 Å². The third kappa shape index (κ3) is 5.23. The van der Waals surface area contributed by atoms with Crippen molar-refractivity contribution in [2.24, 2.45) is 0 Å². The number of hydrogen-bond donors (Lipinski definition) is 3. The van der Waals surface area contributed by atoms with Gasteiger partial charge in [-0.3, -0.25) is 4.79 Å². The Kier molecular flexibility index (Phi) is 6.47. The molecule has 0 bridgehead atoms. The first kappa shape index (κ1) is 22.8. The molecule has 0 aliphatic rings. The Bertz CT molecular complexity index is 1210. The molecule has 168 valence electrons. The van der Waals surface area contributed by atoms with Crippen LogP contribution in [0, 0.1) is 11.6 Å². The molecule has 0 fully saturated rings. The normalized spacial score (nSPS) is 11.2. The molecular formula is C21H16F5N3O3. The van der Waals surface area contributed by atoms with Crippen LogP contribution in [-0.2, 0) is 6.18 Å². The Labute approximate surface area is 178 Å². The minimum Gasteiger partial charge on any atom is -0.493 e. The van der Waals surface area contributed by atoms with E-state index in [0.717, 1.165) is 6.07 Å². The standard InChI is InChI=1S/C21H16F5N3O3/c1-2-32-18-9-19(30)27-10-13(18)11-3-6-16(15(23)7-11)28-20(31)29-17-8-12(21(24,25)26)4-5-14(17)22/h3-10H,2H2,1H3,(H,27,30)(H2,28,29,31). The molecule has 0 atom stereocenters. The van der Waals surface area contributed by atoms with Gasteiger partial charge in [0.2, 0.25) is 0 Å². The fourth-order valence-electron chi connectivity index (χ4n) is 2.81. The molecule has 0 aliphatic heterocycles. The van der Waals surface area contributed by atoms with Crippen molar-refractivity contribution in [3.8, 4) is 16.9 Å². The Morgan fingerprint density at radius 3 is 2.38 bits per heavy atom. The number of benzene rings is 2. The van der Waals surface area contributed by atoms with Crippen molar-refractivity contribution in [1.29, 1.82) is 0 Å². The van der Waals surface area contributed by atoms with E-state index in [9.17, 15) is 31.5 Å². The van der Waals surface area contributed by atoms with E-state index in [-0.39, 0.29) is 18.0 Å². The molecular weight excluding hydrogens is 437 g/mol. The number of carbonyl (C=O) groups is 1. The molecule has 6 nitrogen and oxygen atoms in total. The highest BCUT2D eigenvalue weighted by atomic mass is 19.4. The van der Waals surface area contributed by atoms with Gasteiger partial charge in [0.15, 0.2) is 0 Å². The number of ether oxygens (including phenoxy) is 1. The van der Waals surface area contributed by atoms with Crippen molar-refractivity contribution in [1.82, 2.24) is 4.98 Å². The molecule has 0 saturated heterocycles. The van der Waals surface area contributed by atoms with Gasteiger partial charge >= 0.3 is 12.2 Å². The summed E-state index contributed by atoms with van der Waals surface area (Å²) in [5, 5.41) is 4.03. The minimum atomic E-state index is -4.73. The van der Waals surface area contributed by atoms with Crippen molar-refractivity contribution in [3.05, 3.63) is 76.2 Å². The largest absolute Gasteiger partial charge is 0.493 e. The predicted molar refractivity (Wildman–Crippen MR) is 108 cm³/mol. The van der Waals surface area contributed by atoms with Gasteiger partial charge in [-0.05, 0) is 42.8 Å². The number of aromatic nitrogens is 1. The predicted octanol–water partition coefficient (Wildman–Crippen LogP) is 5.38. The number of hydrogen-bond acceptors (Lipinski definition) is 3. The third-order valence-corrected chi connectivity index (χ3v) is 4.26. The minimum absolute atomic E-state index is 0.231. The zero-order valence-corrected chi connectivity index (χ0v) is 16.4. The van der Waals surface area contributed by atoms with E-state index in [1.807, 2.05) is 5.32 Å². The first-order chi connectivity index (χ1) is 15.1. The number of alkyl halides is 3. The fraction of sp³-hybridized carbons (Fsp3) is 0.143. The lowest BCUT2D eigenvalue weighted by Crippen LogP contribution is -2.21. The van der Waals surface area contributed by atoms with Crippen LogP contribution in [0.25, 0.3) is 11.1 Å². The summed E-state index contributed by atoms with van der Waals surface area (Å²) < 4.78 is 72.1. The van der Waals surface area contributed by atoms with E-state index in [1.54, 1.807) is 6.92 Å². The average Bonchev–Trinajstić information content (AvgIpc) is 2.71. The maximum atomic E-state index is 14.6. The molecule has 0 radical (unpaired) electrons. The summed E-state index contributed by atoms with van der Waals surface area (Å²) in [7, 11) is 0. The van der Waals surface area contributed by atoms with Crippen LogP contribution >= 0.6 is 0 Å². The number of anilines is 2. The van der Waals surface area contributed by atoms with Gasteiger partial charge in [-0.2, -0.15) is 13.2 Å². The molecule has 0 saturated carbocycles. The quantitative estimate of drug-likeness (QED) is 0.454. The molecule has 32 heavy (non-hydrogen) atoms. The molecule has 2 amide bonds. The summed E-state index contributed by atoms with van der Waals surface area (Å²) >= 11 is 0. The van der Waals surface area contributed by atoms with E-state index in [2.05, 4.69) is 10.3 Å². The fourth-order valence-corrected chi connectivity index (χ4v) is 2.81. The number of pyridine rings is 1. The Morgan fingerprint density at radius 1 is 1.00 bits per heavy atom. The maximum Gasteiger partial charge on any atom is 0.416 e. The second-order valence-electron chi connectivity index (χ2n) is 6.47. The summed E-state index contributed by atoms with van der Waals surface area (Å²) in [6.45, 7) is 1.98. The molecule has 0 aliphatic carbocycles. The van der Waals surface area contributed by atoms with Gasteiger partial charge in [-0.1, -0.05) is 6.07 Å². The van der Waals surface area contributed by atoms with Crippen LogP contribution in [0.15, 0.2) is 53.5 Å². The summed E-state index contributed by atoms with van der Waals surface area (Å²) in [5.74, 6) is -1.74. The Morgan fingerprint density at radius 2 is 1.72 bits per heavy atom. The maximum absolute atomic E-state index is 14.6. The summed E-state index contributed by atoms with van der Waals surface area (Å²) in [6, 6.07) is 5.29. The topological polar surface area (TPSA) is 83.2 Å². The van der Waals surface area contributed by atoms with Gasteiger partial charge in [0.25, 0.3) is 5.56 Å². The number of aromatic amines is 1. The number of nitrogens with one attached hydrogen (secondary N) is 3. The average molecular weight is 453 g/mol. The van der Waals surface area contributed by atoms with Crippen molar-refractivity contribution < 1.29 is 31.5 Å². The highest BCUT2D eigenvalue weighted by Crippen LogP contribution is 2.32. The van der Waals surface area contributed by atoms with Crippen LogP contribution in [0.3, 0.4) is 0 Å². The van der Waals surface area contributed by atoms with Crippen molar-refractivity contribution >= 4 is 17.4 Å². The van der Waals surface area contributed by atoms with E-state index < -0.39 is 40.7 Å². The van der Waals surface area contributed by atoms with Crippen LogP contribution in [0.2, 0.25) is 0 Å². The van der Waals surface area contributed by atoms with Gasteiger partial charge in [-0.15, -0.1) is 0 Å². The van der Waals surface area contributed by atoms with Gasteiger partial charge in [0.1, 0.15) is 17.4 Å². The summed E-state index contributed by atoms with van der Waals surface area (Å²) in [6.07, 6.45) is -3.39. The second kappa shape index (κ2) is 9.08. The van der Waals surface area contributed by atoms with E-state index in [1.165, 1.54) is 24.4 Å². The zero-order chi connectivity index (χ0) is 23.5. The van der Waals surface area contributed by atoms with Crippen molar-refractivity contribution in [2.45, 2.75) is 13.1 Å². The third-order valence-electron chi connectivity index (χ3n) is 4.26. The monoisotopic (exact) mass is 453 g/mol. The van der Waals surface area contributed by atoms with E-state index in [4.69, 9.17) is 4.74 Å². The van der Waals surface area contributed by atoms with Crippen LogP contribution in [0.1, 0.15) is 12.5 Å². The zero-order valence-electron chi connectivity index (χ0n) is 16.4. The van der Waals surface area contributed by atoms with Crippen LogP contribution < -0.4 is 20.9 Å². The number of halogens is 5. The van der Waals surface area contributed by atoms with Crippen molar-refractivity contribution in [3.63, 3.8) is 0 Å².